The van der Waals surface area contributed by atoms with Crippen LogP contribution in [0, 0.1) is 5.92 Å². The van der Waals surface area contributed by atoms with Crippen LogP contribution >= 0.6 is 0 Å². The lowest BCUT2D eigenvalue weighted by molar-refractivity contribution is 0.277. The monoisotopic (exact) mass is 186 g/mol. The molecule has 0 aromatic rings. The minimum atomic E-state index is 0.556. The summed E-state index contributed by atoms with van der Waals surface area (Å²) in [6.07, 6.45) is 0. The van der Waals surface area contributed by atoms with E-state index in [1.165, 1.54) is 5.57 Å². The van der Waals surface area contributed by atoms with Crippen molar-refractivity contribution < 1.29 is 4.74 Å². The summed E-state index contributed by atoms with van der Waals surface area (Å²) in [5.74, 6) is 0.556. The van der Waals surface area contributed by atoms with E-state index in [1.54, 1.807) is 14.2 Å². The van der Waals surface area contributed by atoms with Crippen molar-refractivity contribution >= 4 is 0 Å². The third-order valence-electron chi connectivity index (χ3n) is 2.21. The van der Waals surface area contributed by atoms with Crippen LogP contribution in [0.1, 0.15) is 6.92 Å². The highest BCUT2D eigenvalue weighted by Gasteiger charge is 2.22. The van der Waals surface area contributed by atoms with E-state index >= 15 is 0 Å². The highest BCUT2D eigenvalue weighted by molar-refractivity contribution is 5.10. The lowest BCUT2D eigenvalue weighted by Crippen LogP contribution is -2.22. The van der Waals surface area contributed by atoms with Gasteiger partial charge in [0.15, 0.2) is 0 Å². The second-order valence-electron chi connectivity index (χ2n) is 3.33. The van der Waals surface area contributed by atoms with Gasteiger partial charge in [0.2, 0.25) is 0 Å². The van der Waals surface area contributed by atoms with Gasteiger partial charge in [0.25, 0.3) is 0 Å². The Hall–Kier alpha value is -0.380. The summed E-state index contributed by atoms with van der Waals surface area (Å²) in [5.41, 5.74) is 6.86. The molecule has 0 amide bonds. The van der Waals surface area contributed by atoms with Crippen molar-refractivity contribution in [2.24, 2.45) is 11.7 Å². The molecule has 0 aromatic carbocycles. The van der Waals surface area contributed by atoms with Gasteiger partial charge in [-0.1, -0.05) is 19.1 Å². The number of hydrogen-bond acceptors (Lipinski definition) is 3. The van der Waals surface area contributed by atoms with E-state index in [0.29, 0.717) is 5.92 Å². The molecule has 2 N–H and O–H groups in total. The summed E-state index contributed by atoms with van der Waals surface area (Å²) in [7, 11) is 3.25. The molecule has 1 heterocycles. The first-order chi connectivity index (χ1) is 6.19. The summed E-state index contributed by atoms with van der Waals surface area (Å²) >= 11 is 0. The van der Waals surface area contributed by atoms with E-state index in [2.05, 4.69) is 23.1 Å². The molecule has 78 valence electrons. The summed E-state index contributed by atoms with van der Waals surface area (Å²) < 4.78 is 4.25. The largest absolute Gasteiger partial charge is 0.388 e. The van der Waals surface area contributed by atoms with Crippen LogP contribution in [0.3, 0.4) is 0 Å². The first kappa shape index (κ1) is 12.6. The predicted octanol–water partition coefficient (Wildman–Crippen LogP) is 0.716. The minimum absolute atomic E-state index is 0.556. The Morgan fingerprint density at radius 3 is 2.38 bits per heavy atom. The van der Waals surface area contributed by atoms with Crippen LogP contribution in [-0.4, -0.2) is 45.3 Å². The Kier molecular flexibility index (Phi) is 6.86. The lowest BCUT2D eigenvalue weighted by Gasteiger charge is -2.10. The molecule has 0 spiro atoms. The second kappa shape index (κ2) is 7.06. The molecule has 3 heteroatoms. The van der Waals surface area contributed by atoms with Crippen LogP contribution in [0.25, 0.3) is 0 Å². The number of hydrogen-bond donors (Lipinski definition) is 1. The Bertz CT molecular complexity index is 148. The van der Waals surface area contributed by atoms with Crippen molar-refractivity contribution in [3.05, 3.63) is 12.2 Å². The fourth-order valence-electron chi connectivity index (χ4n) is 1.40. The van der Waals surface area contributed by atoms with Crippen molar-refractivity contribution in [3.8, 4) is 0 Å². The third-order valence-corrected chi connectivity index (χ3v) is 2.21. The van der Waals surface area contributed by atoms with Crippen molar-refractivity contribution in [1.82, 2.24) is 4.90 Å². The average Bonchev–Trinajstić information content (AvgIpc) is 2.47. The number of methoxy groups -OCH3 is 1. The Labute approximate surface area is 81.5 Å². The molecule has 0 aliphatic carbocycles. The predicted molar refractivity (Wildman–Crippen MR) is 56.7 cm³/mol. The molecule has 13 heavy (non-hydrogen) atoms. The van der Waals surface area contributed by atoms with Gasteiger partial charge in [-0.05, 0) is 6.54 Å². The topological polar surface area (TPSA) is 38.5 Å². The van der Waals surface area contributed by atoms with Gasteiger partial charge in [-0.3, -0.25) is 4.90 Å². The summed E-state index contributed by atoms with van der Waals surface area (Å²) in [6, 6.07) is 0. The summed E-state index contributed by atoms with van der Waals surface area (Å²) in [5, 5.41) is 0. The molecule has 1 unspecified atom stereocenters. The molecule has 1 saturated heterocycles. The Balaban J connectivity index is 0.000000424. The normalized spacial score (nSPS) is 22.8. The molecule has 0 aromatic heterocycles. The fraction of sp³-hybridized carbons (Fsp3) is 0.800. The molecule has 0 bridgehead atoms. The SMILES string of the molecule is C=C1CN(CC)CC1CN.COC. The molecule has 1 aliphatic heterocycles. The number of nitrogens with two attached hydrogens (primary N) is 1. The highest BCUT2D eigenvalue weighted by atomic mass is 16.4. The van der Waals surface area contributed by atoms with Gasteiger partial charge in [0, 0.05) is 39.8 Å². The molecule has 1 aliphatic rings. The molecule has 1 fully saturated rings. The van der Waals surface area contributed by atoms with Crippen LogP contribution < -0.4 is 5.73 Å². The number of likely N-dealkylation sites (N-methyl/N-ethyl adjacent to an activating group) is 1. The Morgan fingerprint density at radius 2 is 2.15 bits per heavy atom. The first-order valence-electron chi connectivity index (χ1n) is 4.69. The zero-order valence-electron chi connectivity index (χ0n) is 9.05. The molecule has 0 saturated carbocycles. The molecule has 0 radical (unpaired) electrons. The Morgan fingerprint density at radius 1 is 1.62 bits per heavy atom. The molecule has 1 atom stereocenters. The van der Waals surface area contributed by atoms with Crippen LogP contribution in [0.4, 0.5) is 0 Å². The first-order valence-corrected chi connectivity index (χ1v) is 4.69. The number of nitrogens with zero attached hydrogens (tertiary/aromatic N) is 1. The fourth-order valence-corrected chi connectivity index (χ4v) is 1.40. The summed E-state index contributed by atoms with van der Waals surface area (Å²) in [6.45, 7) is 10.2. The van der Waals surface area contributed by atoms with E-state index in [1.807, 2.05) is 0 Å². The maximum atomic E-state index is 5.55. The van der Waals surface area contributed by atoms with Gasteiger partial charge < -0.3 is 10.5 Å². The van der Waals surface area contributed by atoms with Gasteiger partial charge in [-0.15, -0.1) is 0 Å². The van der Waals surface area contributed by atoms with Crippen LogP contribution in [0.5, 0.6) is 0 Å². The third kappa shape index (κ3) is 4.41. The van der Waals surface area contributed by atoms with Gasteiger partial charge in [-0.25, -0.2) is 0 Å². The minimum Gasteiger partial charge on any atom is -0.388 e. The van der Waals surface area contributed by atoms with Gasteiger partial charge in [-0.2, -0.15) is 0 Å². The second-order valence-corrected chi connectivity index (χ2v) is 3.33. The van der Waals surface area contributed by atoms with Crippen LogP contribution in [0.15, 0.2) is 12.2 Å². The molecular weight excluding hydrogens is 164 g/mol. The number of likely N-dealkylation sites (tertiary alicyclic amines) is 1. The van der Waals surface area contributed by atoms with Crippen molar-refractivity contribution in [2.45, 2.75) is 6.92 Å². The zero-order valence-corrected chi connectivity index (χ0v) is 9.05. The van der Waals surface area contributed by atoms with Crippen LogP contribution in [0.2, 0.25) is 0 Å². The van der Waals surface area contributed by atoms with E-state index in [0.717, 1.165) is 26.2 Å². The maximum Gasteiger partial charge on any atom is 0.0351 e. The summed E-state index contributed by atoms with van der Waals surface area (Å²) in [4.78, 5) is 2.37. The van der Waals surface area contributed by atoms with Crippen molar-refractivity contribution in [3.63, 3.8) is 0 Å². The molecule has 1 rings (SSSR count). The standard InChI is InChI=1S/C8H16N2.C2H6O/c1-3-10-5-7(2)8(4-9)6-10;1-3-2/h8H,2-6,9H2,1H3;1-2H3. The van der Waals surface area contributed by atoms with Gasteiger partial charge in [0.05, 0.1) is 0 Å². The van der Waals surface area contributed by atoms with Gasteiger partial charge >= 0.3 is 0 Å². The molecular formula is C10H22N2O. The van der Waals surface area contributed by atoms with Gasteiger partial charge in [0.1, 0.15) is 0 Å². The van der Waals surface area contributed by atoms with E-state index < -0.39 is 0 Å². The van der Waals surface area contributed by atoms with Crippen molar-refractivity contribution in [2.75, 3.05) is 40.4 Å². The lowest BCUT2D eigenvalue weighted by atomic mass is 10.1. The van der Waals surface area contributed by atoms with Crippen molar-refractivity contribution in [1.29, 1.82) is 0 Å². The van der Waals surface area contributed by atoms with E-state index in [9.17, 15) is 0 Å². The smallest absolute Gasteiger partial charge is 0.0351 e. The maximum absolute atomic E-state index is 5.55. The number of rotatable bonds is 2. The zero-order chi connectivity index (χ0) is 10.3. The average molecular weight is 186 g/mol. The van der Waals surface area contributed by atoms with E-state index in [-0.39, 0.29) is 0 Å². The molecule has 3 nitrogen and oxygen atoms in total. The van der Waals surface area contributed by atoms with E-state index in [4.69, 9.17) is 5.73 Å². The highest BCUT2D eigenvalue weighted by Crippen LogP contribution is 2.18. The quantitative estimate of drug-likeness (QED) is 0.646. The number of ether oxygens (including phenoxy) is 1. The van der Waals surface area contributed by atoms with Crippen LogP contribution in [-0.2, 0) is 4.74 Å².